The van der Waals surface area contributed by atoms with E-state index in [2.05, 4.69) is 5.32 Å². The summed E-state index contributed by atoms with van der Waals surface area (Å²) in [5.74, 6) is 0. The smallest absolute Gasteiger partial charge is 0.0182 e. The average molecular weight is 140 g/mol. The average Bonchev–Trinajstić information content (AvgIpc) is 1.86. The number of hydrogen-bond donors (Lipinski definition) is 2. The van der Waals surface area contributed by atoms with Gasteiger partial charge in [-0.15, -0.1) is 0 Å². The molecule has 1 unspecified atom stereocenters. The number of hydrogen-bond acceptors (Lipinski definition) is 2. The second kappa shape index (κ2) is 2.21. The van der Waals surface area contributed by atoms with Gasteiger partial charge < -0.3 is 11.1 Å². The molecule has 0 amide bonds. The Morgan fingerprint density at radius 2 is 2.10 bits per heavy atom. The van der Waals surface area contributed by atoms with E-state index >= 15 is 0 Å². The van der Waals surface area contributed by atoms with Crippen LogP contribution < -0.4 is 11.1 Å². The maximum Gasteiger partial charge on any atom is 0.0182 e. The SMILES string of the molecule is NC1CCC2(CCC2)NC1. The fourth-order valence-electron chi connectivity index (χ4n) is 2.03. The monoisotopic (exact) mass is 140 g/mol. The quantitative estimate of drug-likeness (QED) is 0.517. The van der Waals surface area contributed by atoms with E-state index in [0.717, 1.165) is 6.54 Å². The van der Waals surface area contributed by atoms with Gasteiger partial charge in [0.1, 0.15) is 0 Å². The van der Waals surface area contributed by atoms with E-state index in [1.807, 2.05) is 0 Å². The first-order valence-electron chi connectivity index (χ1n) is 4.31. The number of nitrogens with two attached hydrogens (primary N) is 1. The van der Waals surface area contributed by atoms with Crippen molar-refractivity contribution in [1.29, 1.82) is 0 Å². The van der Waals surface area contributed by atoms with Crippen LogP contribution in [-0.2, 0) is 0 Å². The number of piperidine rings is 1. The Bertz CT molecular complexity index is 119. The van der Waals surface area contributed by atoms with Gasteiger partial charge in [0.15, 0.2) is 0 Å². The molecule has 1 spiro atoms. The highest BCUT2D eigenvalue weighted by Gasteiger charge is 2.38. The van der Waals surface area contributed by atoms with Gasteiger partial charge in [0.2, 0.25) is 0 Å². The molecule has 2 aliphatic rings. The third kappa shape index (κ3) is 0.956. The van der Waals surface area contributed by atoms with Crippen LogP contribution in [0, 0.1) is 0 Å². The van der Waals surface area contributed by atoms with E-state index in [1.165, 1.54) is 32.1 Å². The Kier molecular flexibility index (Phi) is 1.46. The standard InChI is InChI=1S/C8H16N2/c9-7-2-5-8(10-6-7)3-1-4-8/h7,10H,1-6,9H2. The van der Waals surface area contributed by atoms with Crippen LogP contribution in [0.3, 0.4) is 0 Å². The van der Waals surface area contributed by atoms with Crippen molar-refractivity contribution in [2.24, 2.45) is 5.73 Å². The van der Waals surface area contributed by atoms with Crippen molar-refractivity contribution >= 4 is 0 Å². The minimum Gasteiger partial charge on any atom is -0.327 e. The Labute approximate surface area is 62.2 Å². The molecule has 58 valence electrons. The summed E-state index contributed by atoms with van der Waals surface area (Å²) in [6, 6.07) is 0.422. The first-order valence-corrected chi connectivity index (χ1v) is 4.31. The van der Waals surface area contributed by atoms with Gasteiger partial charge in [-0.3, -0.25) is 0 Å². The predicted molar refractivity (Wildman–Crippen MR) is 41.8 cm³/mol. The molecule has 10 heavy (non-hydrogen) atoms. The fraction of sp³-hybridized carbons (Fsp3) is 1.00. The van der Waals surface area contributed by atoms with Crippen molar-refractivity contribution in [1.82, 2.24) is 5.32 Å². The van der Waals surface area contributed by atoms with Gasteiger partial charge in [0, 0.05) is 18.1 Å². The zero-order valence-electron chi connectivity index (χ0n) is 6.40. The van der Waals surface area contributed by atoms with Gasteiger partial charge in [-0.05, 0) is 32.1 Å². The molecular formula is C8H16N2. The predicted octanol–water partition coefficient (Wildman–Crippen LogP) is 0.620. The third-order valence-electron chi connectivity index (χ3n) is 3.04. The molecule has 0 aromatic rings. The summed E-state index contributed by atoms with van der Waals surface area (Å²) in [4.78, 5) is 0. The summed E-state index contributed by atoms with van der Waals surface area (Å²) in [6.45, 7) is 1.04. The summed E-state index contributed by atoms with van der Waals surface area (Å²) in [6.07, 6.45) is 6.74. The molecule has 1 heterocycles. The molecule has 0 aromatic carbocycles. The first kappa shape index (κ1) is 6.62. The fourth-order valence-corrected chi connectivity index (χ4v) is 2.03. The minimum absolute atomic E-state index is 0.422. The summed E-state index contributed by atoms with van der Waals surface area (Å²) in [5, 5.41) is 3.56. The van der Waals surface area contributed by atoms with E-state index in [1.54, 1.807) is 0 Å². The lowest BCUT2D eigenvalue weighted by Gasteiger charge is -2.47. The van der Waals surface area contributed by atoms with Crippen LogP contribution >= 0.6 is 0 Å². The molecule has 3 N–H and O–H groups in total. The molecular weight excluding hydrogens is 124 g/mol. The van der Waals surface area contributed by atoms with Crippen molar-refractivity contribution < 1.29 is 0 Å². The summed E-state index contributed by atoms with van der Waals surface area (Å²) < 4.78 is 0. The summed E-state index contributed by atoms with van der Waals surface area (Å²) in [5.41, 5.74) is 6.32. The van der Waals surface area contributed by atoms with Crippen LogP contribution in [0.4, 0.5) is 0 Å². The second-order valence-electron chi connectivity index (χ2n) is 3.81. The summed E-state index contributed by atoms with van der Waals surface area (Å²) in [7, 11) is 0. The molecule has 2 nitrogen and oxygen atoms in total. The van der Waals surface area contributed by atoms with Crippen molar-refractivity contribution in [3.05, 3.63) is 0 Å². The van der Waals surface area contributed by atoms with Gasteiger partial charge in [0.25, 0.3) is 0 Å². The molecule has 0 radical (unpaired) electrons. The largest absolute Gasteiger partial charge is 0.327 e. The highest BCUT2D eigenvalue weighted by molar-refractivity contribution is 4.99. The minimum atomic E-state index is 0.422. The lowest BCUT2D eigenvalue weighted by atomic mass is 9.71. The molecule has 2 fully saturated rings. The van der Waals surface area contributed by atoms with Gasteiger partial charge in [-0.1, -0.05) is 0 Å². The molecule has 0 aromatic heterocycles. The maximum absolute atomic E-state index is 5.77. The molecule has 1 aliphatic carbocycles. The van der Waals surface area contributed by atoms with Gasteiger partial charge in [0.05, 0.1) is 0 Å². The second-order valence-corrected chi connectivity index (χ2v) is 3.81. The number of nitrogens with one attached hydrogen (secondary N) is 1. The van der Waals surface area contributed by atoms with E-state index in [9.17, 15) is 0 Å². The Morgan fingerprint density at radius 1 is 1.30 bits per heavy atom. The summed E-state index contributed by atoms with van der Waals surface area (Å²) >= 11 is 0. The highest BCUT2D eigenvalue weighted by Crippen LogP contribution is 2.37. The van der Waals surface area contributed by atoms with Crippen molar-refractivity contribution in [3.8, 4) is 0 Å². The van der Waals surface area contributed by atoms with E-state index in [4.69, 9.17) is 5.73 Å². The highest BCUT2D eigenvalue weighted by atomic mass is 15.0. The van der Waals surface area contributed by atoms with E-state index in [0.29, 0.717) is 11.6 Å². The third-order valence-corrected chi connectivity index (χ3v) is 3.04. The molecule has 2 rings (SSSR count). The molecule has 1 saturated carbocycles. The van der Waals surface area contributed by atoms with Crippen LogP contribution in [-0.4, -0.2) is 18.1 Å². The van der Waals surface area contributed by atoms with Crippen LogP contribution in [0.2, 0.25) is 0 Å². The maximum atomic E-state index is 5.77. The lowest BCUT2D eigenvalue weighted by molar-refractivity contribution is 0.134. The molecule has 0 bridgehead atoms. The van der Waals surface area contributed by atoms with Crippen LogP contribution in [0.25, 0.3) is 0 Å². The number of rotatable bonds is 0. The topological polar surface area (TPSA) is 38.0 Å². The molecule has 1 aliphatic heterocycles. The molecule has 2 heteroatoms. The van der Waals surface area contributed by atoms with Crippen LogP contribution in [0.15, 0.2) is 0 Å². The van der Waals surface area contributed by atoms with E-state index < -0.39 is 0 Å². The van der Waals surface area contributed by atoms with Crippen LogP contribution in [0.1, 0.15) is 32.1 Å². The first-order chi connectivity index (χ1) is 4.81. The Balaban J connectivity index is 1.90. The normalized spacial score (nSPS) is 37.5. The van der Waals surface area contributed by atoms with Gasteiger partial charge in [-0.2, -0.15) is 0 Å². The van der Waals surface area contributed by atoms with Gasteiger partial charge >= 0.3 is 0 Å². The zero-order valence-corrected chi connectivity index (χ0v) is 6.40. The van der Waals surface area contributed by atoms with Crippen molar-refractivity contribution in [2.75, 3.05) is 6.54 Å². The Hall–Kier alpha value is -0.0800. The van der Waals surface area contributed by atoms with Crippen LogP contribution in [0.5, 0.6) is 0 Å². The van der Waals surface area contributed by atoms with Gasteiger partial charge in [-0.25, -0.2) is 0 Å². The van der Waals surface area contributed by atoms with Crippen molar-refractivity contribution in [2.45, 2.75) is 43.7 Å². The molecule has 1 atom stereocenters. The lowest BCUT2D eigenvalue weighted by Crippen LogP contribution is -2.58. The zero-order chi connectivity index (χ0) is 7.03. The van der Waals surface area contributed by atoms with Crippen molar-refractivity contribution in [3.63, 3.8) is 0 Å². The molecule has 1 saturated heterocycles. The van der Waals surface area contributed by atoms with E-state index in [-0.39, 0.29) is 0 Å². The Morgan fingerprint density at radius 3 is 2.50 bits per heavy atom.